The van der Waals surface area contributed by atoms with Crippen molar-refractivity contribution in [2.45, 2.75) is 20.8 Å². The summed E-state index contributed by atoms with van der Waals surface area (Å²) in [6.45, 7) is 5.98. The summed E-state index contributed by atoms with van der Waals surface area (Å²) in [7, 11) is 0. The fourth-order valence-electron chi connectivity index (χ4n) is 1.94. The Labute approximate surface area is 122 Å². The Bertz CT molecular complexity index is 635. The summed E-state index contributed by atoms with van der Waals surface area (Å²) in [4.78, 5) is 12.2. The van der Waals surface area contributed by atoms with Crippen LogP contribution in [0.4, 0.5) is 5.69 Å². The second-order valence-corrected chi connectivity index (χ2v) is 5.59. The first kappa shape index (κ1) is 13.8. The first-order chi connectivity index (χ1) is 8.97. The summed E-state index contributed by atoms with van der Waals surface area (Å²) in [5, 5.41) is 2.92. The van der Waals surface area contributed by atoms with Gasteiger partial charge in [-0.15, -0.1) is 0 Å². The molecule has 2 nitrogen and oxygen atoms in total. The van der Waals surface area contributed by atoms with E-state index in [0.717, 1.165) is 26.9 Å². The quantitative estimate of drug-likeness (QED) is 0.859. The van der Waals surface area contributed by atoms with Crippen molar-refractivity contribution in [1.82, 2.24) is 0 Å². The Morgan fingerprint density at radius 1 is 1.00 bits per heavy atom. The fraction of sp³-hybridized carbons (Fsp3) is 0.188. The first-order valence-electron chi connectivity index (χ1n) is 6.12. The lowest BCUT2D eigenvalue weighted by molar-refractivity contribution is 0.102. The Hall–Kier alpha value is -1.61. The van der Waals surface area contributed by atoms with Gasteiger partial charge in [0.2, 0.25) is 0 Å². The smallest absolute Gasteiger partial charge is 0.255 e. The monoisotopic (exact) mass is 317 g/mol. The highest BCUT2D eigenvalue weighted by Crippen LogP contribution is 2.21. The molecule has 0 unspecified atom stereocenters. The summed E-state index contributed by atoms with van der Waals surface area (Å²) in [6, 6.07) is 11.6. The van der Waals surface area contributed by atoms with E-state index in [2.05, 4.69) is 21.2 Å². The molecule has 2 aromatic rings. The van der Waals surface area contributed by atoms with Crippen LogP contribution in [0.2, 0.25) is 0 Å². The van der Waals surface area contributed by atoms with E-state index in [4.69, 9.17) is 0 Å². The average Bonchev–Trinajstić information content (AvgIpc) is 2.33. The van der Waals surface area contributed by atoms with Crippen LogP contribution in [0.5, 0.6) is 0 Å². The highest BCUT2D eigenvalue weighted by Gasteiger charge is 2.09. The van der Waals surface area contributed by atoms with Crippen LogP contribution in [0.3, 0.4) is 0 Å². The van der Waals surface area contributed by atoms with Crippen molar-refractivity contribution in [2.75, 3.05) is 5.32 Å². The zero-order valence-corrected chi connectivity index (χ0v) is 12.8. The molecule has 0 saturated carbocycles. The van der Waals surface area contributed by atoms with E-state index in [-0.39, 0.29) is 5.91 Å². The van der Waals surface area contributed by atoms with Crippen molar-refractivity contribution in [3.8, 4) is 0 Å². The second-order valence-electron chi connectivity index (χ2n) is 4.74. The number of nitrogens with one attached hydrogen (secondary N) is 1. The maximum Gasteiger partial charge on any atom is 0.255 e. The normalized spacial score (nSPS) is 10.3. The van der Waals surface area contributed by atoms with Crippen LogP contribution in [0.25, 0.3) is 0 Å². The molecule has 19 heavy (non-hydrogen) atoms. The number of amides is 1. The molecule has 0 fully saturated rings. The second kappa shape index (κ2) is 5.57. The number of aryl methyl sites for hydroxylation is 3. The number of halogens is 1. The van der Waals surface area contributed by atoms with Crippen LogP contribution in [-0.4, -0.2) is 5.91 Å². The number of hydrogen-bond donors (Lipinski definition) is 1. The molecule has 0 aromatic heterocycles. The molecule has 1 N–H and O–H groups in total. The lowest BCUT2D eigenvalue weighted by Gasteiger charge is -2.09. The van der Waals surface area contributed by atoms with Gasteiger partial charge < -0.3 is 5.32 Å². The van der Waals surface area contributed by atoms with Gasteiger partial charge in [-0.1, -0.05) is 39.7 Å². The Kier molecular flexibility index (Phi) is 4.05. The lowest BCUT2D eigenvalue weighted by atomic mass is 10.1. The van der Waals surface area contributed by atoms with Crippen LogP contribution in [0.1, 0.15) is 27.0 Å². The largest absolute Gasteiger partial charge is 0.322 e. The third-order valence-corrected chi connectivity index (χ3v) is 3.91. The molecule has 0 aliphatic heterocycles. The van der Waals surface area contributed by atoms with E-state index < -0.39 is 0 Å². The molecule has 2 aromatic carbocycles. The highest BCUT2D eigenvalue weighted by molar-refractivity contribution is 9.10. The van der Waals surface area contributed by atoms with E-state index in [0.29, 0.717) is 5.56 Å². The van der Waals surface area contributed by atoms with E-state index in [1.165, 1.54) is 0 Å². The molecule has 0 aliphatic carbocycles. The highest BCUT2D eigenvalue weighted by atomic mass is 79.9. The minimum absolute atomic E-state index is 0.0757. The van der Waals surface area contributed by atoms with Gasteiger partial charge in [0.1, 0.15) is 0 Å². The summed E-state index contributed by atoms with van der Waals surface area (Å²) in [5.74, 6) is -0.0757. The zero-order chi connectivity index (χ0) is 14.0. The Morgan fingerprint density at radius 3 is 2.37 bits per heavy atom. The number of anilines is 1. The van der Waals surface area contributed by atoms with Gasteiger partial charge in [0.05, 0.1) is 0 Å². The third-order valence-electron chi connectivity index (χ3n) is 3.06. The number of rotatable bonds is 2. The molecule has 0 saturated heterocycles. The fourth-order valence-corrected chi connectivity index (χ4v) is 2.32. The van der Waals surface area contributed by atoms with Crippen molar-refractivity contribution in [3.63, 3.8) is 0 Å². The van der Waals surface area contributed by atoms with Gasteiger partial charge in [0, 0.05) is 15.7 Å². The lowest BCUT2D eigenvalue weighted by Crippen LogP contribution is -2.13. The number of benzene rings is 2. The van der Waals surface area contributed by atoms with Gasteiger partial charge in [0.25, 0.3) is 5.91 Å². The first-order valence-corrected chi connectivity index (χ1v) is 6.91. The zero-order valence-electron chi connectivity index (χ0n) is 11.3. The van der Waals surface area contributed by atoms with Gasteiger partial charge in [-0.25, -0.2) is 0 Å². The molecule has 0 radical (unpaired) electrons. The number of hydrogen-bond acceptors (Lipinski definition) is 1. The molecule has 98 valence electrons. The summed E-state index contributed by atoms with van der Waals surface area (Å²) in [6.07, 6.45) is 0. The van der Waals surface area contributed by atoms with Crippen LogP contribution in [-0.2, 0) is 0 Å². The average molecular weight is 318 g/mol. The van der Waals surface area contributed by atoms with Gasteiger partial charge in [-0.3, -0.25) is 4.79 Å². The molecular formula is C16H16BrNO. The van der Waals surface area contributed by atoms with Crippen molar-refractivity contribution in [2.24, 2.45) is 0 Å². The van der Waals surface area contributed by atoms with Gasteiger partial charge in [-0.05, 0) is 50.1 Å². The molecule has 0 spiro atoms. The predicted octanol–water partition coefficient (Wildman–Crippen LogP) is 4.63. The summed E-state index contributed by atoms with van der Waals surface area (Å²) in [5.41, 5.74) is 4.80. The van der Waals surface area contributed by atoms with Gasteiger partial charge >= 0.3 is 0 Å². The molecule has 0 atom stereocenters. The van der Waals surface area contributed by atoms with Crippen LogP contribution in [0, 0.1) is 20.8 Å². The molecule has 0 bridgehead atoms. The third kappa shape index (κ3) is 3.24. The molecule has 3 heteroatoms. The van der Waals surface area contributed by atoms with E-state index in [9.17, 15) is 4.79 Å². The SMILES string of the molecule is Cc1ccc(C(=O)Nc2ccc(C)c(Br)c2)c(C)c1. The van der Waals surface area contributed by atoms with Crippen LogP contribution >= 0.6 is 15.9 Å². The Morgan fingerprint density at radius 2 is 1.74 bits per heavy atom. The van der Waals surface area contributed by atoms with E-state index in [1.54, 1.807) is 0 Å². The molecule has 1 amide bonds. The Balaban J connectivity index is 2.23. The molecule has 2 rings (SSSR count). The van der Waals surface area contributed by atoms with E-state index in [1.807, 2.05) is 57.2 Å². The van der Waals surface area contributed by atoms with E-state index >= 15 is 0 Å². The van der Waals surface area contributed by atoms with Gasteiger partial charge in [0.15, 0.2) is 0 Å². The van der Waals surface area contributed by atoms with Crippen molar-refractivity contribution >= 4 is 27.5 Å². The standard InChI is InChI=1S/C16H16BrNO/c1-10-4-7-14(12(3)8-10)16(19)18-13-6-5-11(2)15(17)9-13/h4-9H,1-3H3,(H,18,19). The summed E-state index contributed by atoms with van der Waals surface area (Å²) < 4.78 is 0.992. The van der Waals surface area contributed by atoms with Crippen molar-refractivity contribution < 1.29 is 4.79 Å². The maximum atomic E-state index is 12.2. The van der Waals surface area contributed by atoms with Crippen LogP contribution in [0.15, 0.2) is 40.9 Å². The maximum absolute atomic E-state index is 12.2. The van der Waals surface area contributed by atoms with Crippen LogP contribution < -0.4 is 5.32 Å². The van der Waals surface area contributed by atoms with Crippen molar-refractivity contribution in [3.05, 3.63) is 63.1 Å². The minimum Gasteiger partial charge on any atom is -0.322 e. The van der Waals surface area contributed by atoms with Crippen molar-refractivity contribution in [1.29, 1.82) is 0 Å². The molecule has 0 aliphatic rings. The number of carbonyl (C=O) groups excluding carboxylic acids is 1. The number of carbonyl (C=O) groups is 1. The topological polar surface area (TPSA) is 29.1 Å². The molecule has 0 heterocycles. The van der Waals surface area contributed by atoms with Gasteiger partial charge in [-0.2, -0.15) is 0 Å². The molecular weight excluding hydrogens is 302 g/mol. The summed E-state index contributed by atoms with van der Waals surface area (Å²) >= 11 is 3.46. The predicted molar refractivity (Wildman–Crippen MR) is 82.7 cm³/mol. The minimum atomic E-state index is -0.0757.